The summed E-state index contributed by atoms with van der Waals surface area (Å²) in [5, 5.41) is 11.8. The molecule has 0 saturated carbocycles. The van der Waals surface area contributed by atoms with Crippen molar-refractivity contribution in [3.05, 3.63) is 59.9 Å². The molecular weight excluding hydrogens is 269 g/mol. The maximum Gasteiger partial charge on any atom is 0.182 e. The van der Waals surface area contributed by atoms with Gasteiger partial charge in [0.15, 0.2) is 5.82 Å². The van der Waals surface area contributed by atoms with E-state index in [4.69, 9.17) is 5.73 Å². The van der Waals surface area contributed by atoms with E-state index in [-0.39, 0.29) is 5.82 Å². The van der Waals surface area contributed by atoms with E-state index in [0.29, 0.717) is 18.1 Å². The van der Waals surface area contributed by atoms with Gasteiger partial charge in [0, 0.05) is 17.8 Å². The molecule has 5 nitrogen and oxygen atoms in total. The zero-order chi connectivity index (χ0) is 14.7. The molecule has 0 spiro atoms. The predicted molar refractivity (Wildman–Crippen MR) is 77.8 cm³/mol. The number of hydrogen-bond acceptors (Lipinski definition) is 4. The van der Waals surface area contributed by atoms with E-state index in [1.807, 2.05) is 24.3 Å². The van der Waals surface area contributed by atoms with Crippen LogP contribution in [-0.2, 0) is 13.0 Å². The largest absolute Gasteiger partial charge is 0.399 e. The fourth-order valence-corrected chi connectivity index (χ4v) is 2.08. The van der Waals surface area contributed by atoms with Crippen molar-refractivity contribution < 1.29 is 4.39 Å². The molecule has 6 heteroatoms. The smallest absolute Gasteiger partial charge is 0.182 e. The van der Waals surface area contributed by atoms with Crippen molar-refractivity contribution >= 4 is 5.69 Å². The molecule has 3 aromatic rings. The number of hydrogen-bond donors (Lipinski definition) is 1. The van der Waals surface area contributed by atoms with Crippen LogP contribution in [0.3, 0.4) is 0 Å². The summed E-state index contributed by atoms with van der Waals surface area (Å²) in [7, 11) is 0. The maximum atomic E-state index is 12.9. The minimum Gasteiger partial charge on any atom is -0.399 e. The van der Waals surface area contributed by atoms with E-state index >= 15 is 0 Å². The number of nitrogen functional groups attached to an aromatic ring is 1. The van der Waals surface area contributed by atoms with Crippen LogP contribution in [0.4, 0.5) is 10.1 Å². The minimum atomic E-state index is -0.233. The Bertz CT molecular complexity index is 719. The first-order valence-corrected chi connectivity index (χ1v) is 6.59. The Hall–Kier alpha value is -2.76. The summed E-state index contributed by atoms with van der Waals surface area (Å²) in [6.07, 6.45) is 0.729. The highest BCUT2D eigenvalue weighted by Crippen LogP contribution is 2.17. The van der Waals surface area contributed by atoms with Crippen LogP contribution in [0.15, 0.2) is 48.5 Å². The molecule has 106 valence electrons. The first kappa shape index (κ1) is 13.2. The number of tetrazole rings is 1. The van der Waals surface area contributed by atoms with Crippen molar-refractivity contribution in [3.63, 3.8) is 0 Å². The van der Waals surface area contributed by atoms with E-state index in [1.54, 1.807) is 16.8 Å². The molecule has 0 radical (unpaired) electrons. The van der Waals surface area contributed by atoms with Gasteiger partial charge in [0.1, 0.15) is 5.82 Å². The molecule has 0 bridgehead atoms. The predicted octanol–water partition coefficient (Wildman–Crippen LogP) is 2.30. The molecule has 1 aromatic heterocycles. The zero-order valence-electron chi connectivity index (χ0n) is 11.3. The van der Waals surface area contributed by atoms with Crippen LogP contribution in [-0.4, -0.2) is 20.2 Å². The van der Waals surface area contributed by atoms with E-state index in [2.05, 4.69) is 15.5 Å². The van der Waals surface area contributed by atoms with Gasteiger partial charge in [-0.1, -0.05) is 12.1 Å². The summed E-state index contributed by atoms with van der Waals surface area (Å²) in [5.74, 6) is 0.459. The second-order valence-electron chi connectivity index (χ2n) is 4.72. The standard InChI is InChI=1S/C15H14FN5/c16-13-5-1-11(2-6-13)9-10-21-15(18-19-20-21)12-3-7-14(17)8-4-12/h1-8H,9-10,17H2. The lowest BCUT2D eigenvalue weighted by Crippen LogP contribution is -2.05. The quantitative estimate of drug-likeness (QED) is 0.746. The summed E-state index contributed by atoms with van der Waals surface area (Å²) in [4.78, 5) is 0. The number of nitrogens with two attached hydrogens (primary N) is 1. The minimum absolute atomic E-state index is 0.233. The van der Waals surface area contributed by atoms with Crippen molar-refractivity contribution in [1.82, 2.24) is 20.2 Å². The molecule has 2 N–H and O–H groups in total. The highest BCUT2D eigenvalue weighted by Gasteiger charge is 2.08. The number of anilines is 1. The topological polar surface area (TPSA) is 69.6 Å². The van der Waals surface area contributed by atoms with Gasteiger partial charge in [-0.25, -0.2) is 9.07 Å². The molecular formula is C15H14FN5. The average Bonchev–Trinajstić information content (AvgIpc) is 2.96. The van der Waals surface area contributed by atoms with Gasteiger partial charge < -0.3 is 5.73 Å². The molecule has 0 amide bonds. The van der Waals surface area contributed by atoms with Gasteiger partial charge in [0.25, 0.3) is 0 Å². The van der Waals surface area contributed by atoms with E-state index < -0.39 is 0 Å². The van der Waals surface area contributed by atoms with Crippen molar-refractivity contribution in [2.75, 3.05) is 5.73 Å². The Morgan fingerprint density at radius 1 is 1.00 bits per heavy atom. The van der Waals surface area contributed by atoms with Crippen molar-refractivity contribution in [3.8, 4) is 11.4 Å². The third-order valence-corrected chi connectivity index (χ3v) is 3.23. The molecule has 0 saturated heterocycles. The van der Waals surface area contributed by atoms with Crippen molar-refractivity contribution in [2.24, 2.45) is 0 Å². The summed E-state index contributed by atoms with van der Waals surface area (Å²) < 4.78 is 14.6. The van der Waals surface area contributed by atoms with Gasteiger partial charge in [-0.3, -0.25) is 0 Å². The first-order valence-electron chi connectivity index (χ1n) is 6.59. The van der Waals surface area contributed by atoms with Crippen LogP contribution >= 0.6 is 0 Å². The molecule has 0 aliphatic rings. The summed E-state index contributed by atoms with van der Waals surface area (Å²) >= 11 is 0. The Kier molecular flexibility index (Phi) is 3.59. The molecule has 0 atom stereocenters. The van der Waals surface area contributed by atoms with Crippen LogP contribution in [0.5, 0.6) is 0 Å². The third kappa shape index (κ3) is 3.05. The van der Waals surface area contributed by atoms with Gasteiger partial charge in [0.05, 0.1) is 0 Å². The summed E-state index contributed by atoms with van der Waals surface area (Å²) in [5.41, 5.74) is 8.32. The highest BCUT2D eigenvalue weighted by molar-refractivity contribution is 5.58. The number of aryl methyl sites for hydroxylation is 2. The van der Waals surface area contributed by atoms with E-state index in [9.17, 15) is 4.39 Å². The van der Waals surface area contributed by atoms with E-state index in [1.165, 1.54) is 12.1 Å². The second-order valence-corrected chi connectivity index (χ2v) is 4.72. The molecule has 0 aliphatic heterocycles. The Labute approximate surface area is 121 Å². The monoisotopic (exact) mass is 283 g/mol. The molecule has 2 aromatic carbocycles. The highest BCUT2D eigenvalue weighted by atomic mass is 19.1. The lowest BCUT2D eigenvalue weighted by molar-refractivity contribution is 0.591. The molecule has 0 unspecified atom stereocenters. The Balaban J connectivity index is 1.76. The maximum absolute atomic E-state index is 12.9. The van der Waals surface area contributed by atoms with Crippen LogP contribution in [0.1, 0.15) is 5.56 Å². The lowest BCUT2D eigenvalue weighted by atomic mass is 10.1. The fraction of sp³-hybridized carbons (Fsp3) is 0.133. The molecule has 0 fully saturated rings. The molecule has 21 heavy (non-hydrogen) atoms. The number of halogens is 1. The number of rotatable bonds is 4. The van der Waals surface area contributed by atoms with Gasteiger partial charge in [-0.2, -0.15) is 0 Å². The average molecular weight is 283 g/mol. The number of aromatic nitrogens is 4. The van der Waals surface area contributed by atoms with Gasteiger partial charge in [-0.05, 0) is 58.8 Å². The van der Waals surface area contributed by atoms with Gasteiger partial charge in [0.2, 0.25) is 0 Å². The van der Waals surface area contributed by atoms with Crippen LogP contribution in [0, 0.1) is 5.82 Å². The fourth-order valence-electron chi connectivity index (χ4n) is 2.08. The van der Waals surface area contributed by atoms with Gasteiger partial charge in [-0.15, -0.1) is 5.10 Å². The molecule has 0 aliphatic carbocycles. The van der Waals surface area contributed by atoms with Crippen molar-refractivity contribution in [1.29, 1.82) is 0 Å². The summed E-state index contributed by atoms with van der Waals surface area (Å²) in [6.45, 7) is 0.623. The van der Waals surface area contributed by atoms with Crippen LogP contribution in [0.2, 0.25) is 0 Å². The normalized spacial score (nSPS) is 10.7. The molecule has 1 heterocycles. The SMILES string of the molecule is Nc1ccc(-c2nnnn2CCc2ccc(F)cc2)cc1. The zero-order valence-corrected chi connectivity index (χ0v) is 11.3. The Morgan fingerprint density at radius 2 is 1.71 bits per heavy atom. The second kappa shape index (κ2) is 5.70. The molecule has 3 rings (SSSR count). The van der Waals surface area contributed by atoms with Crippen LogP contribution < -0.4 is 5.73 Å². The van der Waals surface area contributed by atoms with E-state index in [0.717, 1.165) is 17.5 Å². The van der Waals surface area contributed by atoms with Gasteiger partial charge >= 0.3 is 0 Å². The lowest BCUT2D eigenvalue weighted by Gasteiger charge is -2.05. The summed E-state index contributed by atoms with van der Waals surface area (Å²) in [6, 6.07) is 13.8. The van der Waals surface area contributed by atoms with Crippen LogP contribution in [0.25, 0.3) is 11.4 Å². The number of nitrogens with zero attached hydrogens (tertiary/aromatic N) is 4. The number of benzene rings is 2. The first-order chi connectivity index (χ1) is 10.2. The van der Waals surface area contributed by atoms with Crippen molar-refractivity contribution in [2.45, 2.75) is 13.0 Å². The third-order valence-electron chi connectivity index (χ3n) is 3.23. The Morgan fingerprint density at radius 3 is 2.43 bits per heavy atom.